The first-order valence-corrected chi connectivity index (χ1v) is 8.30. The molecule has 5 heteroatoms. The molecule has 0 aliphatic rings. The van der Waals surface area contributed by atoms with E-state index in [0.717, 1.165) is 32.9 Å². The summed E-state index contributed by atoms with van der Waals surface area (Å²) in [4.78, 5) is 21.1. The Bertz CT molecular complexity index is 982. The molecule has 2 heterocycles. The van der Waals surface area contributed by atoms with Crippen molar-refractivity contribution in [3.05, 3.63) is 65.5 Å². The summed E-state index contributed by atoms with van der Waals surface area (Å²) in [5.41, 5.74) is 4.07. The number of nitrogens with one attached hydrogen (secondary N) is 1. The number of ether oxygens (including phenoxy) is 1. The van der Waals surface area contributed by atoms with Crippen LogP contribution in [-0.4, -0.2) is 23.0 Å². The van der Waals surface area contributed by atoms with Gasteiger partial charge in [-0.2, -0.15) is 0 Å². The molecule has 4 aromatic rings. The summed E-state index contributed by atoms with van der Waals surface area (Å²) in [5, 5.41) is 0. The lowest BCUT2D eigenvalue weighted by Gasteiger charge is -2.00. The van der Waals surface area contributed by atoms with Crippen LogP contribution in [0.25, 0.3) is 32.9 Å². The van der Waals surface area contributed by atoms with Gasteiger partial charge in [-0.15, -0.1) is 11.3 Å². The molecule has 0 bridgehead atoms. The number of rotatable bonds is 3. The molecule has 0 unspecified atom stereocenters. The second-order valence-corrected chi connectivity index (χ2v) is 6.42. The number of hydrogen-bond donors (Lipinski definition) is 1. The Morgan fingerprint density at radius 1 is 1.00 bits per heavy atom. The summed E-state index contributed by atoms with van der Waals surface area (Å²) in [5.74, 6) is 0.550. The van der Waals surface area contributed by atoms with Gasteiger partial charge in [-0.05, 0) is 29.8 Å². The number of H-pyrrole nitrogens is 1. The topological polar surface area (TPSA) is 55.0 Å². The number of methoxy groups -OCH3 is 1. The van der Waals surface area contributed by atoms with Gasteiger partial charge in [-0.25, -0.2) is 9.78 Å². The Labute approximate surface area is 142 Å². The van der Waals surface area contributed by atoms with Crippen LogP contribution >= 0.6 is 11.3 Å². The van der Waals surface area contributed by atoms with Crippen LogP contribution in [0.5, 0.6) is 0 Å². The van der Waals surface area contributed by atoms with E-state index < -0.39 is 0 Å². The zero-order valence-electron chi connectivity index (χ0n) is 12.9. The van der Waals surface area contributed by atoms with Crippen LogP contribution < -0.4 is 0 Å². The maximum Gasteiger partial charge on any atom is 0.348 e. The van der Waals surface area contributed by atoms with E-state index in [9.17, 15) is 4.79 Å². The number of hydrogen-bond acceptors (Lipinski definition) is 4. The van der Waals surface area contributed by atoms with Crippen LogP contribution in [0.4, 0.5) is 0 Å². The van der Waals surface area contributed by atoms with E-state index in [1.165, 1.54) is 18.4 Å². The average Bonchev–Trinajstić information content (AvgIpc) is 3.28. The van der Waals surface area contributed by atoms with Crippen LogP contribution in [0.2, 0.25) is 0 Å². The zero-order chi connectivity index (χ0) is 16.5. The van der Waals surface area contributed by atoms with Crippen molar-refractivity contribution >= 4 is 28.3 Å². The Hall–Kier alpha value is -2.92. The molecule has 0 saturated heterocycles. The highest BCUT2D eigenvalue weighted by molar-refractivity contribution is 7.17. The van der Waals surface area contributed by atoms with E-state index in [0.29, 0.717) is 4.88 Å². The quantitative estimate of drug-likeness (QED) is 0.550. The number of aromatic amines is 1. The summed E-state index contributed by atoms with van der Waals surface area (Å²) in [6.07, 6.45) is 0. The van der Waals surface area contributed by atoms with Gasteiger partial charge < -0.3 is 9.72 Å². The second-order valence-electron chi connectivity index (χ2n) is 5.34. The highest BCUT2D eigenvalue weighted by Crippen LogP contribution is 2.30. The van der Waals surface area contributed by atoms with Crippen molar-refractivity contribution in [3.8, 4) is 21.8 Å². The Morgan fingerprint density at radius 2 is 1.75 bits per heavy atom. The van der Waals surface area contributed by atoms with E-state index in [-0.39, 0.29) is 5.97 Å². The highest BCUT2D eigenvalue weighted by Gasteiger charge is 2.11. The minimum absolute atomic E-state index is 0.301. The predicted octanol–water partition coefficient (Wildman–Crippen LogP) is 4.75. The minimum Gasteiger partial charge on any atom is -0.465 e. The standard InChI is InChI=1S/C19H14N2O2S/c1-23-19(22)17-11-10-16(24-17)12-6-8-13(9-7-12)18-20-14-4-2-3-5-15(14)21-18/h2-11H,1H3,(H,20,21). The predicted molar refractivity (Wildman–Crippen MR) is 96.2 cm³/mol. The summed E-state index contributed by atoms with van der Waals surface area (Å²) in [6, 6.07) is 19.8. The molecular formula is C19H14N2O2S. The Balaban J connectivity index is 1.64. The first-order chi connectivity index (χ1) is 11.7. The lowest BCUT2D eigenvalue weighted by Crippen LogP contribution is -1.96. The summed E-state index contributed by atoms with van der Waals surface area (Å²) < 4.78 is 4.75. The van der Waals surface area contributed by atoms with E-state index in [1.807, 2.05) is 54.6 Å². The van der Waals surface area contributed by atoms with Gasteiger partial charge >= 0.3 is 5.97 Å². The number of aromatic nitrogens is 2. The minimum atomic E-state index is -0.301. The number of fused-ring (bicyclic) bond motifs is 1. The molecule has 0 fully saturated rings. The van der Waals surface area contributed by atoms with Crippen molar-refractivity contribution in [2.24, 2.45) is 0 Å². The first kappa shape index (κ1) is 14.7. The SMILES string of the molecule is COC(=O)c1ccc(-c2ccc(-c3nc4ccccc4[nH]3)cc2)s1. The Morgan fingerprint density at radius 3 is 2.50 bits per heavy atom. The number of esters is 1. The van der Waals surface area contributed by atoms with Crippen molar-refractivity contribution in [2.75, 3.05) is 7.11 Å². The molecule has 0 aliphatic heterocycles. The lowest BCUT2D eigenvalue weighted by molar-refractivity contribution is 0.0606. The molecule has 1 N–H and O–H groups in total. The van der Waals surface area contributed by atoms with Gasteiger partial charge in [0.2, 0.25) is 0 Å². The number of nitrogens with zero attached hydrogens (tertiary/aromatic N) is 1. The molecular weight excluding hydrogens is 320 g/mol. The summed E-state index contributed by atoms with van der Waals surface area (Å²) >= 11 is 1.43. The smallest absolute Gasteiger partial charge is 0.348 e. The van der Waals surface area contributed by atoms with Crippen LogP contribution in [0.3, 0.4) is 0 Å². The fraction of sp³-hybridized carbons (Fsp3) is 0.0526. The molecule has 0 amide bonds. The fourth-order valence-electron chi connectivity index (χ4n) is 2.59. The number of para-hydroxylation sites is 2. The molecule has 0 atom stereocenters. The molecule has 0 saturated carbocycles. The lowest BCUT2D eigenvalue weighted by atomic mass is 10.1. The van der Waals surface area contributed by atoms with Crippen LogP contribution in [0, 0.1) is 0 Å². The van der Waals surface area contributed by atoms with Gasteiger partial charge in [-0.3, -0.25) is 0 Å². The maximum absolute atomic E-state index is 11.6. The Kier molecular flexibility index (Phi) is 3.63. The van der Waals surface area contributed by atoms with Crippen molar-refractivity contribution in [1.29, 1.82) is 0 Å². The van der Waals surface area contributed by atoms with Crippen LogP contribution in [0.1, 0.15) is 9.67 Å². The summed E-state index contributed by atoms with van der Waals surface area (Å²) in [7, 11) is 1.39. The third kappa shape index (κ3) is 2.59. The molecule has 2 aromatic carbocycles. The van der Waals surface area contributed by atoms with E-state index in [2.05, 4.69) is 9.97 Å². The largest absolute Gasteiger partial charge is 0.465 e. The van der Waals surface area contributed by atoms with Gasteiger partial charge in [0.25, 0.3) is 0 Å². The number of benzene rings is 2. The maximum atomic E-state index is 11.6. The second kappa shape index (κ2) is 5.94. The van der Waals surface area contributed by atoms with Gasteiger partial charge in [-0.1, -0.05) is 36.4 Å². The van der Waals surface area contributed by atoms with Crippen molar-refractivity contribution in [2.45, 2.75) is 0 Å². The van der Waals surface area contributed by atoms with Crippen molar-refractivity contribution in [1.82, 2.24) is 9.97 Å². The number of imidazole rings is 1. The molecule has 0 aliphatic carbocycles. The van der Waals surface area contributed by atoms with E-state index >= 15 is 0 Å². The molecule has 0 spiro atoms. The fourth-order valence-corrected chi connectivity index (χ4v) is 3.51. The van der Waals surface area contributed by atoms with Gasteiger partial charge in [0.15, 0.2) is 0 Å². The van der Waals surface area contributed by atoms with Crippen molar-refractivity contribution < 1.29 is 9.53 Å². The normalized spacial score (nSPS) is 10.9. The zero-order valence-corrected chi connectivity index (χ0v) is 13.8. The highest BCUT2D eigenvalue weighted by atomic mass is 32.1. The molecule has 24 heavy (non-hydrogen) atoms. The van der Waals surface area contributed by atoms with Crippen LogP contribution in [0.15, 0.2) is 60.7 Å². The third-order valence-electron chi connectivity index (χ3n) is 3.82. The molecule has 0 radical (unpaired) electrons. The number of thiophene rings is 1. The van der Waals surface area contributed by atoms with Gasteiger partial charge in [0, 0.05) is 10.4 Å². The van der Waals surface area contributed by atoms with Gasteiger partial charge in [0.05, 0.1) is 18.1 Å². The van der Waals surface area contributed by atoms with Crippen LogP contribution in [-0.2, 0) is 4.74 Å². The molecule has 4 nitrogen and oxygen atoms in total. The van der Waals surface area contributed by atoms with E-state index in [1.54, 1.807) is 6.07 Å². The molecule has 2 aromatic heterocycles. The number of carbonyl (C=O) groups excluding carboxylic acids is 1. The van der Waals surface area contributed by atoms with Crippen molar-refractivity contribution in [3.63, 3.8) is 0 Å². The van der Waals surface area contributed by atoms with Gasteiger partial charge in [0.1, 0.15) is 10.7 Å². The number of carbonyl (C=O) groups is 1. The van der Waals surface area contributed by atoms with E-state index in [4.69, 9.17) is 4.74 Å². The molecule has 4 rings (SSSR count). The summed E-state index contributed by atoms with van der Waals surface area (Å²) in [6.45, 7) is 0. The molecule has 118 valence electrons. The monoisotopic (exact) mass is 334 g/mol. The average molecular weight is 334 g/mol. The third-order valence-corrected chi connectivity index (χ3v) is 4.94. The first-order valence-electron chi connectivity index (χ1n) is 7.48.